The fourth-order valence-corrected chi connectivity index (χ4v) is 1.11. The van der Waals surface area contributed by atoms with Crippen LogP contribution < -0.4 is 5.69 Å². The first kappa shape index (κ1) is 9.10. The molecule has 1 unspecified atom stereocenters. The van der Waals surface area contributed by atoms with Crippen LogP contribution in [0.25, 0.3) is 0 Å². The number of aromatic nitrogens is 2. The molecule has 0 spiro atoms. The molecular formula is C9H16N2O. The maximum atomic E-state index is 11.3. The van der Waals surface area contributed by atoms with Crippen molar-refractivity contribution in [3.05, 3.63) is 22.9 Å². The number of rotatable bonds is 3. The SMILES string of the molecule is CCC(C)Cn1ccn(C)c1=O. The van der Waals surface area contributed by atoms with Gasteiger partial charge in [0.25, 0.3) is 0 Å². The van der Waals surface area contributed by atoms with E-state index < -0.39 is 0 Å². The summed E-state index contributed by atoms with van der Waals surface area (Å²) in [6.45, 7) is 5.12. The van der Waals surface area contributed by atoms with Gasteiger partial charge in [-0.3, -0.25) is 4.57 Å². The predicted octanol–water partition coefficient (Wildman–Crippen LogP) is 1.23. The molecule has 3 heteroatoms. The molecular weight excluding hydrogens is 152 g/mol. The van der Waals surface area contributed by atoms with Gasteiger partial charge in [-0.25, -0.2) is 4.79 Å². The van der Waals surface area contributed by atoms with Crippen molar-refractivity contribution in [2.24, 2.45) is 13.0 Å². The van der Waals surface area contributed by atoms with Crippen LogP contribution in [0.3, 0.4) is 0 Å². The fourth-order valence-electron chi connectivity index (χ4n) is 1.11. The van der Waals surface area contributed by atoms with Gasteiger partial charge in [-0.05, 0) is 5.92 Å². The Morgan fingerprint density at radius 3 is 2.58 bits per heavy atom. The number of imidazole rings is 1. The molecule has 1 atom stereocenters. The molecule has 3 nitrogen and oxygen atoms in total. The summed E-state index contributed by atoms with van der Waals surface area (Å²) in [6.07, 6.45) is 4.75. The smallest absolute Gasteiger partial charge is 0.302 e. The Labute approximate surface area is 72.6 Å². The summed E-state index contributed by atoms with van der Waals surface area (Å²) in [5.74, 6) is 0.574. The van der Waals surface area contributed by atoms with Crippen LogP contribution in [0.4, 0.5) is 0 Å². The highest BCUT2D eigenvalue weighted by Crippen LogP contribution is 2.02. The lowest BCUT2D eigenvalue weighted by molar-refractivity contribution is 0.457. The third-order valence-corrected chi connectivity index (χ3v) is 2.22. The van der Waals surface area contributed by atoms with E-state index in [0.717, 1.165) is 13.0 Å². The van der Waals surface area contributed by atoms with Crippen molar-refractivity contribution in [2.45, 2.75) is 26.8 Å². The van der Waals surface area contributed by atoms with E-state index in [4.69, 9.17) is 0 Å². The highest BCUT2D eigenvalue weighted by atomic mass is 16.1. The monoisotopic (exact) mass is 168 g/mol. The second kappa shape index (κ2) is 3.61. The van der Waals surface area contributed by atoms with Crippen LogP contribution >= 0.6 is 0 Å². The van der Waals surface area contributed by atoms with Crippen LogP contribution in [0, 0.1) is 5.92 Å². The summed E-state index contributed by atoms with van der Waals surface area (Å²) in [7, 11) is 1.77. The quantitative estimate of drug-likeness (QED) is 0.667. The Kier molecular flexibility index (Phi) is 2.74. The lowest BCUT2D eigenvalue weighted by Crippen LogP contribution is -2.24. The number of aryl methyl sites for hydroxylation is 1. The molecule has 0 radical (unpaired) electrons. The largest absolute Gasteiger partial charge is 0.327 e. The maximum absolute atomic E-state index is 11.3. The van der Waals surface area contributed by atoms with Gasteiger partial charge >= 0.3 is 5.69 Å². The van der Waals surface area contributed by atoms with E-state index in [1.54, 1.807) is 22.4 Å². The molecule has 0 fully saturated rings. The van der Waals surface area contributed by atoms with Gasteiger partial charge in [-0.2, -0.15) is 0 Å². The Morgan fingerprint density at radius 1 is 1.50 bits per heavy atom. The van der Waals surface area contributed by atoms with Gasteiger partial charge in [0.2, 0.25) is 0 Å². The summed E-state index contributed by atoms with van der Waals surface area (Å²) < 4.78 is 3.36. The lowest BCUT2D eigenvalue weighted by Gasteiger charge is -2.07. The molecule has 1 aromatic heterocycles. The Hall–Kier alpha value is -0.990. The number of hydrogen-bond donors (Lipinski definition) is 0. The number of nitrogens with zero attached hydrogens (tertiary/aromatic N) is 2. The maximum Gasteiger partial charge on any atom is 0.327 e. The molecule has 1 rings (SSSR count). The average Bonchev–Trinajstić information content (AvgIpc) is 2.36. The molecule has 68 valence electrons. The highest BCUT2D eigenvalue weighted by Gasteiger charge is 2.03. The zero-order valence-electron chi connectivity index (χ0n) is 7.95. The zero-order valence-corrected chi connectivity index (χ0v) is 7.95. The topological polar surface area (TPSA) is 26.9 Å². The van der Waals surface area contributed by atoms with Crippen molar-refractivity contribution in [3.8, 4) is 0 Å². The van der Waals surface area contributed by atoms with Crippen LogP contribution in [-0.4, -0.2) is 9.13 Å². The molecule has 1 aromatic rings. The molecule has 0 N–H and O–H groups in total. The van der Waals surface area contributed by atoms with Crippen LogP contribution in [0.5, 0.6) is 0 Å². The summed E-state index contributed by atoms with van der Waals surface area (Å²) in [6, 6.07) is 0. The van der Waals surface area contributed by atoms with Crippen LogP contribution in [0.15, 0.2) is 17.2 Å². The Morgan fingerprint density at radius 2 is 2.17 bits per heavy atom. The molecule has 1 heterocycles. The Balaban J connectivity index is 2.76. The van der Waals surface area contributed by atoms with Crippen LogP contribution in [0.1, 0.15) is 20.3 Å². The summed E-state index contributed by atoms with van der Waals surface area (Å²) in [5, 5.41) is 0. The highest BCUT2D eigenvalue weighted by molar-refractivity contribution is 4.80. The van der Waals surface area contributed by atoms with E-state index in [1.807, 2.05) is 6.20 Å². The predicted molar refractivity (Wildman–Crippen MR) is 49.1 cm³/mol. The van der Waals surface area contributed by atoms with Crippen molar-refractivity contribution >= 4 is 0 Å². The molecule has 0 saturated carbocycles. The van der Waals surface area contributed by atoms with Crippen molar-refractivity contribution < 1.29 is 0 Å². The minimum atomic E-state index is 0.0790. The van der Waals surface area contributed by atoms with Crippen LogP contribution in [0.2, 0.25) is 0 Å². The van der Waals surface area contributed by atoms with Crippen molar-refractivity contribution in [1.82, 2.24) is 9.13 Å². The third kappa shape index (κ3) is 1.78. The van der Waals surface area contributed by atoms with E-state index >= 15 is 0 Å². The normalized spacial score (nSPS) is 13.2. The van der Waals surface area contributed by atoms with Gasteiger partial charge in [0.05, 0.1) is 0 Å². The standard InChI is InChI=1S/C9H16N2O/c1-4-8(2)7-11-6-5-10(3)9(11)12/h5-6,8H,4,7H2,1-3H3. The Bertz CT molecular complexity index is 298. The van der Waals surface area contributed by atoms with Gasteiger partial charge in [0, 0.05) is 26.0 Å². The van der Waals surface area contributed by atoms with Crippen molar-refractivity contribution in [1.29, 1.82) is 0 Å². The molecule has 0 amide bonds. The van der Waals surface area contributed by atoms with E-state index in [1.165, 1.54) is 0 Å². The van der Waals surface area contributed by atoms with Gasteiger partial charge in [-0.1, -0.05) is 20.3 Å². The lowest BCUT2D eigenvalue weighted by atomic mass is 10.1. The first-order valence-corrected chi connectivity index (χ1v) is 4.37. The van der Waals surface area contributed by atoms with E-state index in [0.29, 0.717) is 5.92 Å². The molecule has 12 heavy (non-hydrogen) atoms. The summed E-state index contributed by atoms with van der Waals surface area (Å²) >= 11 is 0. The van der Waals surface area contributed by atoms with E-state index in [9.17, 15) is 4.79 Å². The minimum Gasteiger partial charge on any atom is -0.302 e. The molecule has 0 bridgehead atoms. The third-order valence-electron chi connectivity index (χ3n) is 2.22. The fraction of sp³-hybridized carbons (Fsp3) is 0.667. The molecule has 0 aromatic carbocycles. The van der Waals surface area contributed by atoms with Gasteiger partial charge in [-0.15, -0.1) is 0 Å². The van der Waals surface area contributed by atoms with E-state index in [2.05, 4.69) is 13.8 Å². The zero-order chi connectivity index (χ0) is 9.14. The molecule has 0 aliphatic rings. The molecule has 0 aliphatic heterocycles. The second-order valence-electron chi connectivity index (χ2n) is 3.36. The number of hydrogen-bond acceptors (Lipinski definition) is 1. The van der Waals surface area contributed by atoms with Gasteiger partial charge in [0.15, 0.2) is 0 Å². The van der Waals surface area contributed by atoms with Crippen LogP contribution in [-0.2, 0) is 13.6 Å². The summed E-state index contributed by atoms with van der Waals surface area (Å²) in [4.78, 5) is 11.3. The van der Waals surface area contributed by atoms with Crippen molar-refractivity contribution in [3.63, 3.8) is 0 Å². The van der Waals surface area contributed by atoms with E-state index in [-0.39, 0.29) is 5.69 Å². The average molecular weight is 168 g/mol. The molecule has 0 aliphatic carbocycles. The van der Waals surface area contributed by atoms with Gasteiger partial charge in [0.1, 0.15) is 0 Å². The minimum absolute atomic E-state index is 0.0790. The van der Waals surface area contributed by atoms with Crippen molar-refractivity contribution in [2.75, 3.05) is 0 Å². The molecule has 0 saturated heterocycles. The second-order valence-corrected chi connectivity index (χ2v) is 3.36. The first-order valence-electron chi connectivity index (χ1n) is 4.37. The summed E-state index contributed by atoms with van der Waals surface area (Å²) in [5.41, 5.74) is 0.0790. The van der Waals surface area contributed by atoms with Gasteiger partial charge < -0.3 is 4.57 Å². The first-order chi connectivity index (χ1) is 5.65.